The van der Waals surface area contributed by atoms with Gasteiger partial charge in [-0.05, 0) is 37.3 Å². The van der Waals surface area contributed by atoms with Gasteiger partial charge in [0.25, 0.3) is 5.69 Å². The van der Waals surface area contributed by atoms with E-state index in [9.17, 15) is 15.4 Å². The molecule has 8 nitrogen and oxygen atoms in total. The van der Waals surface area contributed by atoms with Gasteiger partial charge >= 0.3 is 0 Å². The molecule has 1 aromatic heterocycles. The van der Waals surface area contributed by atoms with Crippen LogP contribution in [0.4, 0.5) is 11.4 Å². The van der Waals surface area contributed by atoms with E-state index in [4.69, 9.17) is 0 Å². The highest BCUT2D eigenvalue weighted by Crippen LogP contribution is 2.47. The molecule has 0 amide bonds. The van der Waals surface area contributed by atoms with Crippen molar-refractivity contribution in [1.29, 1.82) is 5.26 Å². The summed E-state index contributed by atoms with van der Waals surface area (Å²) in [7, 11) is 0. The van der Waals surface area contributed by atoms with Crippen LogP contribution < -0.4 is 4.90 Å². The Morgan fingerprint density at radius 3 is 2.93 bits per heavy atom. The van der Waals surface area contributed by atoms with E-state index in [1.54, 1.807) is 12.1 Å². The summed E-state index contributed by atoms with van der Waals surface area (Å²) in [5.74, 6) is 1.72. The van der Waals surface area contributed by atoms with Crippen molar-refractivity contribution in [3.63, 3.8) is 0 Å². The third kappa shape index (κ3) is 2.35. The van der Waals surface area contributed by atoms with Gasteiger partial charge in [-0.25, -0.2) is 0 Å². The zero-order chi connectivity index (χ0) is 19.3. The van der Waals surface area contributed by atoms with Crippen molar-refractivity contribution < 1.29 is 4.92 Å². The van der Waals surface area contributed by atoms with E-state index in [0.717, 1.165) is 74.5 Å². The lowest BCUT2D eigenvalue weighted by atomic mass is 9.71. The summed E-state index contributed by atoms with van der Waals surface area (Å²) in [6.45, 7) is 1.70. The zero-order valence-corrected chi connectivity index (χ0v) is 15.7. The number of aromatic nitrogens is 3. The Balaban J connectivity index is 1.68. The minimum Gasteiger partial charge on any atom is -0.366 e. The van der Waals surface area contributed by atoms with Crippen molar-refractivity contribution in [2.45, 2.75) is 62.9 Å². The molecule has 1 fully saturated rings. The summed E-state index contributed by atoms with van der Waals surface area (Å²) >= 11 is 0. The molecule has 1 aromatic carbocycles. The van der Waals surface area contributed by atoms with Gasteiger partial charge in [0.2, 0.25) is 0 Å². The fraction of sp³-hybridized carbons (Fsp3) is 0.550. The van der Waals surface area contributed by atoms with Crippen molar-refractivity contribution in [2.75, 3.05) is 11.4 Å². The molecule has 2 aromatic rings. The molecule has 3 aliphatic heterocycles. The van der Waals surface area contributed by atoms with Gasteiger partial charge in [-0.1, -0.05) is 6.42 Å². The number of hydrogen-bond donors (Lipinski definition) is 0. The number of nitro groups is 1. The fourth-order valence-electron chi connectivity index (χ4n) is 5.30. The van der Waals surface area contributed by atoms with Gasteiger partial charge in [0.1, 0.15) is 11.2 Å². The quantitative estimate of drug-likeness (QED) is 0.588. The predicted octanol–water partition coefficient (Wildman–Crippen LogP) is 2.90. The number of nitriles is 1. The van der Waals surface area contributed by atoms with Gasteiger partial charge in [-0.3, -0.25) is 10.1 Å². The molecule has 3 aliphatic rings. The highest BCUT2D eigenvalue weighted by Gasteiger charge is 2.53. The van der Waals surface area contributed by atoms with Crippen molar-refractivity contribution in [3.8, 4) is 6.07 Å². The monoisotopic (exact) mass is 378 g/mol. The Labute approximate surface area is 162 Å². The van der Waals surface area contributed by atoms with E-state index in [0.29, 0.717) is 6.42 Å². The molecule has 0 bridgehead atoms. The minimum atomic E-state index is -0.825. The van der Waals surface area contributed by atoms with Gasteiger partial charge in [0.15, 0.2) is 5.82 Å². The summed E-state index contributed by atoms with van der Waals surface area (Å²) in [5.41, 5.74) is 1.13. The number of non-ortho nitro benzene ring substituents is 1. The summed E-state index contributed by atoms with van der Waals surface area (Å²) in [6.07, 6.45) is 6.59. The van der Waals surface area contributed by atoms with Crippen LogP contribution in [0.15, 0.2) is 18.2 Å². The number of hydrogen-bond acceptors (Lipinski definition) is 6. The average Bonchev–Trinajstić information content (AvgIpc) is 3.29. The lowest BCUT2D eigenvalue weighted by Crippen LogP contribution is -2.53. The first-order chi connectivity index (χ1) is 13.6. The van der Waals surface area contributed by atoms with Crippen LogP contribution in [0.25, 0.3) is 0 Å². The Bertz CT molecular complexity index is 993. The molecule has 0 saturated carbocycles. The summed E-state index contributed by atoms with van der Waals surface area (Å²) in [4.78, 5) is 13.2. The Hall–Kier alpha value is -2.95. The van der Waals surface area contributed by atoms with Crippen LogP contribution in [0.5, 0.6) is 0 Å². The minimum absolute atomic E-state index is 0.0306. The summed E-state index contributed by atoms with van der Waals surface area (Å²) < 4.78 is 2.16. The molecular weight excluding hydrogens is 356 g/mol. The lowest BCUT2D eigenvalue weighted by molar-refractivity contribution is -0.384. The topological polar surface area (TPSA) is 101 Å². The first-order valence-electron chi connectivity index (χ1n) is 10.0. The lowest BCUT2D eigenvalue weighted by Gasteiger charge is -2.44. The Morgan fingerprint density at radius 2 is 2.11 bits per heavy atom. The number of aryl methyl sites for hydroxylation is 1. The van der Waals surface area contributed by atoms with Crippen LogP contribution in [0.2, 0.25) is 0 Å². The molecule has 28 heavy (non-hydrogen) atoms. The molecule has 144 valence electrons. The van der Waals surface area contributed by atoms with E-state index >= 15 is 0 Å². The highest BCUT2D eigenvalue weighted by atomic mass is 16.6. The molecule has 8 heteroatoms. The van der Waals surface area contributed by atoms with Gasteiger partial charge in [0.05, 0.1) is 17.0 Å². The largest absolute Gasteiger partial charge is 0.366 e. The van der Waals surface area contributed by atoms with Gasteiger partial charge < -0.3 is 9.47 Å². The van der Waals surface area contributed by atoms with Crippen molar-refractivity contribution in [1.82, 2.24) is 14.8 Å². The third-order valence-electron chi connectivity index (χ3n) is 6.58. The fourth-order valence-corrected chi connectivity index (χ4v) is 5.30. The molecule has 5 rings (SSSR count). The average molecular weight is 378 g/mol. The number of nitrogens with zero attached hydrogens (tertiary/aromatic N) is 6. The van der Waals surface area contributed by atoms with Crippen molar-refractivity contribution >= 4 is 11.4 Å². The van der Waals surface area contributed by atoms with Crippen LogP contribution in [-0.4, -0.2) is 32.3 Å². The van der Waals surface area contributed by atoms with E-state index in [1.807, 2.05) is 6.07 Å². The molecule has 0 N–H and O–H groups in total. The SMILES string of the molecule is N#C[C@@]1(c2nnc3n2CCCCC3)Cc2cc([N+](=O)[O-])ccc2N2CCC[C@@H]21. The normalized spacial score (nSPS) is 26.0. The van der Waals surface area contributed by atoms with Gasteiger partial charge in [-0.15, -0.1) is 10.2 Å². The maximum absolute atomic E-state index is 11.3. The van der Waals surface area contributed by atoms with Crippen molar-refractivity contribution in [2.24, 2.45) is 0 Å². The molecule has 0 aliphatic carbocycles. The van der Waals surface area contributed by atoms with Gasteiger partial charge in [0, 0.05) is 43.8 Å². The van der Waals surface area contributed by atoms with E-state index in [1.165, 1.54) is 0 Å². The van der Waals surface area contributed by atoms with Crippen LogP contribution in [0, 0.1) is 21.4 Å². The highest BCUT2D eigenvalue weighted by molar-refractivity contribution is 5.64. The van der Waals surface area contributed by atoms with Crippen LogP contribution in [-0.2, 0) is 24.8 Å². The summed E-state index contributed by atoms with van der Waals surface area (Å²) in [5, 5.41) is 30.7. The smallest absolute Gasteiger partial charge is 0.269 e. The Kier molecular flexibility index (Phi) is 3.86. The first-order valence-corrected chi connectivity index (χ1v) is 10.0. The second-order valence-electron chi connectivity index (χ2n) is 8.08. The van der Waals surface area contributed by atoms with Crippen molar-refractivity contribution in [3.05, 3.63) is 45.5 Å². The standard InChI is InChI=1S/C20H22N6O2/c21-13-20(19-23-22-18-6-2-1-3-9-25(18)19)12-14-11-15(26(27)28)7-8-16(14)24-10-4-5-17(20)24/h7-8,11,17H,1-6,9-10,12H2/t17-,20+/m1/s1. The second-order valence-corrected chi connectivity index (χ2v) is 8.08. The number of benzene rings is 1. The van der Waals surface area contributed by atoms with Crippen LogP contribution >= 0.6 is 0 Å². The molecule has 0 unspecified atom stereocenters. The maximum atomic E-state index is 11.3. The number of nitro benzene ring substituents is 1. The molecule has 4 heterocycles. The molecule has 2 atom stereocenters. The second kappa shape index (κ2) is 6.30. The van der Waals surface area contributed by atoms with Crippen LogP contribution in [0.1, 0.15) is 49.3 Å². The molecule has 1 saturated heterocycles. The van der Waals surface area contributed by atoms with Gasteiger partial charge in [-0.2, -0.15) is 5.26 Å². The maximum Gasteiger partial charge on any atom is 0.269 e. The van der Waals surface area contributed by atoms with E-state index in [2.05, 4.69) is 25.7 Å². The zero-order valence-electron chi connectivity index (χ0n) is 15.7. The van der Waals surface area contributed by atoms with Crippen LogP contribution in [0.3, 0.4) is 0 Å². The first kappa shape index (κ1) is 17.2. The molecule has 0 spiro atoms. The number of rotatable bonds is 2. The number of fused-ring (bicyclic) bond motifs is 4. The number of anilines is 1. The van der Waals surface area contributed by atoms with E-state index in [-0.39, 0.29) is 16.7 Å². The predicted molar refractivity (Wildman–Crippen MR) is 102 cm³/mol. The molecule has 0 radical (unpaired) electrons. The summed E-state index contributed by atoms with van der Waals surface area (Å²) in [6, 6.07) is 7.69. The third-order valence-corrected chi connectivity index (χ3v) is 6.58. The van der Waals surface area contributed by atoms with E-state index < -0.39 is 5.41 Å². The Morgan fingerprint density at radius 1 is 1.21 bits per heavy atom. The molecular formula is C20H22N6O2.